The fourth-order valence-electron chi connectivity index (χ4n) is 2.66. The molecule has 1 heterocycles. The Morgan fingerprint density at radius 2 is 1.87 bits per heavy atom. The van der Waals surface area contributed by atoms with E-state index in [1.807, 2.05) is 49.4 Å². The van der Waals surface area contributed by atoms with Crippen LogP contribution in [0.3, 0.4) is 0 Å². The average molecular weight is 443 g/mol. The minimum Gasteiger partial charge on any atom is -0.495 e. The molecule has 30 heavy (non-hydrogen) atoms. The number of hydrogen-bond donors (Lipinski definition) is 2. The number of anilines is 3. The van der Waals surface area contributed by atoms with Crippen LogP contribution in [0.1, 0.15) is 31.9 Å². The van der Waals surface area contributed by atoms with Crippen LogP contribution >= 0.6 is 23.1 Å². The summed E-state index contributed by atoms with van der Waals surface area (Å²) in [5.74, 6) is 0.761. The van der Waals surface area contributed by atoms with E-state index in [4.69, 9.17) is 4.74 Å². The third-order valence-electron chi connectivity index (χ3n) is 4.38. The predicted molar refractivity (Wildman–Crippen MR) is 125 cm³/mol. The van der Waals surface area contributed by atoms with Crippen LogP contribution in [0.15, 0.2) is 46.8 Å². The van der Waals surface area contributed by atoms with Crippen molar-refractivity contribution in [3.05, 3.63) is 53.6 Å². The first-order chi connectivity index (χ1) is 14.2. The summed E-state index contributed by atoms with van der Waals surface area (Å²) in [5.41, 5.74) is 3.94. The van der Waals surface area contributed by atoms with Crippen LogP contribution in [0.5, 0.6) is 5.75 Å². The molecular formula is C22H26N4O2S2. The first-order valence-corrected chi connectivity index (χ1v) is 11.3. The number of nitrogens with one attached hydrogen (secondary N) is 2. The summed E-state index contributed by atoms with van der Waals surface area (Å²) < 4.78 is 6.13. The summed E-state index contributed by atoms with van der Waals surface area (Å²) in [6, 6.07) is 13.9. The predicted octanol–water partition coefficient (Wildman–Crippen LogP) is 5.63. The van der Waals surface area contributed by atoms with Crippen molar-refractivity contribution in [1.82, 2.24) is 10.2 Å². The van der Waals surface area contributed by atoms with Crippen LogP contribution in [0.4, 0.5) is 16.5 Å². The number of benzene rings is 2. The molecule has 0 aliphatic rings. The highest BCUT2D eigenvalue weighted by Crippen LogP contribution is 2.32. The highest BCUT2D eigenvalue weighted by molar-refractivity contribution is 8.01. The smallest absolute Gasteiger partial charge is 0.234 e. The molecule has 2 aromatic carbocycles. The molecule has 8 heteroatoms. The van der Waals surface area contributed by atoms with Gasteiger partial charge >= 0.3 is 0 Å². The van der Waals surface area contributed by atoms with Gasteiger partial charge in [-0.25, -0.2) is 0 Å². The van der Waals surface area contributed by atoms with Gasteiger partial charge in [-0.1, -0.05) is 67.6 Å². The molecule has 0 saturated heterocycles. The maximum atomic E-state index is 12.5. The second-order valence-corrected chi connectivity index (χ2v) is 10.1. The molecule has 0 aliphatic carbocycles. The minimum absolute atomic E-state index is 0.0199. The lowest BCUT2D eigenvalue weighted by atomic mass is 9.87. The number of aromatic nitrogens is 2. The number of ether oxygens (including phenoxy) is 1. The van der Waals surface area contributed by atoms with Crippen LogP contribution in [0.25, 0.3) is 0 Å². The number of carbonyl (C=O) groups excluding carboxylic acids is 1. The lowest BCUT2D eigenvalue weighted by molar-refractivity contribution is -0.113. The largest absolute Gasteiger partial charge is 0.495 e. The van der Waals surface area contributed by atoms with Gasteiger partial charge in [0.25, 0.3) is 0 Å². The molecule has 0 fully saturated rings. The highest BCUT2D eigenvalue weighted by Gasteiger charge is 2.17. The molecule has 3 rings (SSSR count). The second-order valence-electron chi connectivity index (χ2n) is 7.87. The molecule has 158 valence electrons. The standard InChI is InChI=1S/C22H26N4O2S2/c1-14-6-9-16(10-7-14)23-20-25-26-21(30-20)29-13-19(27)24-17-12-15(22(2,3)4)8-11-18(17)28-5/h6-12H,13H2,1-5H3,(H,23,25)(H,24,27). The molecule has 0 bridgehead atoms. The fourth-order valence-corrected chi connectivity index (χ4v) is 4.24. The third kappa shape index (κ3) is 5.96. The zero-order valence-electron chi connectivity index (χ0n) is 17.8. The number of amides is 1. The van der Waals surface area contributed by atoms with Crippen molar-refractivity contribution in [2.75, 3.05) is 23.5 Å². The van der Waals surface area contributed by atoms with Gasteiger partial charge in [-0.3, -0.25) is 4.79 Å². The number of nitrogens with zero attached hydrogens (tertiary/aromatic N) is 2. The van der Waals surface area contributed by atoms with Crippen molar-refractivity contribution in [2.45, 2.75) is 37.4 Å². The molecule has 0 saturated carbocycles. The molecule has 0 spiro atoms. The molecule has 1 aromatic heterocycles. The quantitative estimate of drug-likeness (QED) is 0.462. The summed E-state index contributed by atoms with van der Waals surface area (Å²) in [4.78, 5) is 12.5. The van der Waals surface area contributed by atoms with E-state index in [2.05, 4.69) is 41.6 Å². The first kappa shape index (κ1) is 22.1. The first-order valence-electron chi connectivity index (χ1n) is 9.53. The topological polar surface area (TPSA) is 76.1 Å². The molecule has 3 aromatic rings. The lowest BCUT2D eigenvalue weighted by Crippen LogP contribution is -2.16. The number of rotatable bonds is 7. The van der Waals surface area contributed by atoms with Gasteiger partial charge in [-0.15, -0.1) is 10.2 Å². The number of carbonyl (C=O) groups is 1. The lowest BCUT2D eigenvalue weighted by Gasteiger charge is -2.21. The molecule has 6 nitrogen and oxygen atoms in total. The van der Waals surface area contributed by atoms with E-state index in [1.165, 1.54) is 28.7 Å². The number of thioether (sulfide) groups is 1. The summed E-state index contributed by atoms with van der Waals surface area (Å²) in [7, 11) is 1.60. The van der Waals surface area contributed by atoms with Gasteiger partial charge < -0.3 is 15.4 Å². The SMILES string of the molecule is COc1ccc(C(C)(C)C)cc1NC(=O)CSc1nnc(Nc2ccc(C)cc2)s1. The zero-order chi connectivity index (χ0) is 21.7. The van der Waals surface area contributed by atoms with Crippen LogP contribution in [0.2, 0.25) is 0 Å². The maximum Gasteiger partial charge on any atom is 0.234 e. The Morgan fingerprint density at radius 1 is 1.13 bits per heavy atom. The molecule has 0 atom stereocenters. The van der Waals surface area contributed by atoms with E-state index >= 15 is 0 Å². The number of methoxy groups -OCH3 is 1. The Bertz CT molecular complexity index is 1010. The highest BCUT2D eigenvalue weighted by atomic mass is 32.2. The van der Waals surface area contributed by atoms with Crippen molar-refractivity contribution in [3.8, 4) is 5.75 Å². The Hall–Kier alpha value is -2.58. The van der Waals surface area contributed by atoms with E-state index in [0.29, 0.717) is 16.6 Å². The van der Waals surface area contributed by atoms with Crippen molar-refractivity contribution in [1.29, 1.82) is 0 Å². The van der Waals surface area contributed by atoms with Gasteiger partial charge in [0, 0.05) is 5.69 Å². The number of hydrogen-bond acceptors (Lipinski definition) is 7. The van der Waals surface area contributed by atoms with Crippen molar-refractivity contribution < 1.29 is 9.53 Å². The zero-order valence-corrected chi connectivity index (χ0v) is 19.4. The van der Waals surface area contributed by atoms with Gasteiger partial charge in [0.15, 0.2) is 4.34 Å². The third-order valence-corrected chi connectivity index (χ3v) is 6.35. The Kier molecular flexibility index (Phi) is 6.99. The molecule has 2 N–H and O–H groups in total. The minimum atomic E-state index is -0.118. The summed E-state index contributed by atoms with van der Waals surface area (Å²) in [5, 5.41) is 15.2. The van der Waals surface area contributed by atoms with Crippen molar-refractivity contribution in [3.63, 3.8) is 0 Å². The molecule has 0 unspecified atom stereocenters. The van der Waals surface area contributed by atoms with Crippen molar-refractivity contribution in [2.24, 2.45) is 0 Å². The normalized spacial score (nSPS) is 11.2. The van der Waals surface area contributed by atoms with Crippen LogP contribution in [-0.2, 0) is 10.2 Å². The Morgan fingerprint density at radius 3 is 2.53 bits per heavy atom. The maximum absolute atomic E-state index is 12.5. The fraction of sp³-hybridized carbons (Fsp3) is 0.318. The van der Waals surface area contributed by atoms with Crippen LogP contribution in [-0.4, -0.2) is 29.0 Å². The molecule has 0 radical (unpaired) electrons. The molecule has 0 aliphatic heterocycles. The van der Waals surface area contributed by atoms with Gasteiger partial charge in [0.05, 0.1) is 18.6 Å². The van der Waals surface area contributed by atoms with E-state index in [1.54, 1.807) is 7.11 Å². The van der Waals surface area contributed by atoms with E-state index in [9.17, 15) is 4.79 Å². The second kappa shape index (κ2) is 9.49. The Balaban J connectivity index is 1.59. The van der Waals surface area contributed by atoms with Gasteiger partial charge in [-0.2, -0.15) is 0 Å². The number of aryl methyl sites for hydroxylation is 1. The van der Waals surface area contributed by atoms with Crippen LogP contribution < -0.4 is 15.4 Å². The van der Waals surface area contributed by atoms with E-state index < -0.39 is 0 Å². The molecular weight excluding hydrogens is 416 g/mol. The summed E-state index contributed by atoms with van der Waals surface area (Å²) >= 11 is 2.78. The van der Waals surface area contributed by atoms with E-state index in [0.717, 1.165) is 15.6 Å². The van der Waals surface area contributed by atoms with Gasteiger partial charge in [-0.05, 0) is 42.2 Å². The summed E-state index contributed by atoms with van der Waals surface area (Å²) in [6.45, 7) is 8.44. The van der Waals surface area contributed by atoms with Crippen molar-refractivity contribution >= 4 is 45.5 Å². The van der Waals surface area contributed by atoms with Gasteiger partial charge in [0.2, 0.25) is 11.0 Å². The Labute approximate surface area is 185 Å². The van der Waals surface area contributed by atoms with Gasteiger partial charge in [0.1, 0.15) is 5.75 Å². The van der Waals surface area contributed by atoms with Crippen LogP contribution in [0, 0.1) is 6.92 Å². The average Bonchev–Trinajstić information content (AvgIpc) is 3.15. The van der Waals surface area contributed by atoms with E-state index in [-0.39, 0.29) is 17.1 Å². The summed E-state index contributed by atoms with van der Waals surface area (Å²) in [6.07, 6.45) is 0. The molecule has 1 amide bonds. The monoisotopic (exact) mass is 442 g/mol.